The van der Waals surface area contributed by atoms with E-state index in [1.165, 1.54) is 23.1 Å². The van der Waals surface area contributed by atoms with Crippen LogP contribution >= 0.6 is 11.3 Å². The molecule has 1 aliphatic heterocycles. The first-order valence-electron chi connectivity index (χ1n) is 20.6. The van der Waals surface area contributed by atoms with E-state index in [0.717, 1.165) is 23.5 Å². The number of nitrogens with zero attached hydrogens (tertiary/aromatic N) is 4. The molecule has 338 valence electrons. The highest BCUT2D eigenvalue weighted by atomic mass is 32.2. The molecule has 5 atom stereocenters. The molecule has 4 N–H and O–H groups in total. The number of rotatable bonds is 14. The number of thiazole rings is 1. The number of anilines is 1. The number of furan rings is 1. The number of halogens is 3. The number of carbonyl (C=O) groups excluding carboxylic acids is 4. The van der Waals surface area contributed by atoms with E-state index in [9.17, 15) is 40.8 Å². The summed E-state index contributed by atoms with van der Waals surface area (Å²) >= 11 is 1.11. The second-order valence-corrected chi connectivity index (χ2v) is 20.0. The molecular formula is C43H45F3N8O8S2. The summed E-state index contributed by atoms with van der Waals surface area (Å²) in [6, 6.07) is 8.95. The van der Waals surface area contributed by atoms with Gasteiger partial charge in [0.1, 0.15) is 40.5 Å². The Kier molecular flexibility index (Phi) is 11.5. The highest BCUT2D eigenvalue weighted by molar-refractivity contribution is 7.91. The number of para-hydroxylation sites is 1. The van der Waals surface area contributed by atoms with Gasteiger partial charge in [0.2, 0.25) is 27.4 Å². The Hall–Kier alpha value is -6.09. The number of hydrogen-bond acceptors (Lipinski definition) is 13. The van der Waals surface area contributed by atoms with Gasteiger partial charge in [0, 0.05) is 35.2 Å². The molecule has 8 rings (SSSR count). The summed E-state index contributed by atoms with van der Waals surface area (Å²) in [5.41, 5.74) is -2.10. The summed E-state index contributed by atoms with van der Waals surface area (Å²) in [4.78, 5) is 70.7. The van der Waals surface area contributed by atoms with Crippen molar-refractivity contribution in [2.75, 3.05) is 18.4 Å². The fraction of sp³-hybridized carbons (Fsp3) is 0.419. The van der Waals surface area contributed by atoms with Crippen molar-refractivity contribution in [2.24, 2.45) is 11.3 Å². The van der Waals surface area contributed by atoms with Crippen LogP contribution in [0.1, 0.15) is 69.4 Å². The van der Waals surface area contributed by atoms with E-state index in [-0.39, 0.29) is 53.1 Å². The average molecular weight is 923 g/mol. The molecule has 1 saturated heterocycles. The van der Waals surface area contributed by atoms with Crippen LogP contribution in [-0.4, -0.2) is 94.0 Å². The van der Waals surface area contributed by atoms with Gasteiger partial charge in [-0.3, -0.25) is 23.9 Å². The summed E-state index contributed by atoms with van der Waals surface area (Å²) in [6.07, 6.45) is -3.36. The molecule has 4 amide bonds. The predicted molar refractivity (Wildman–Crippen MR) is 231 cm³/mol. The van der Waals surface area contributed by atoms with Gasteiger partial charge < -0.3 is 30.0 Å². The lowest BCUT2D eigenvalue weighted by Gasteiger charge is -2.35. The predicted octanol–water partition coefficient (Wildman–Crippen LogP) is 5.81. The number of sulfonamides is 1. The number of aromatic nitrogens is 3. The summed E-state index contributed by atoms with van der Waals surface area (Å²) in [5, 5.41) is 10.3. The van der Waals surface area contributed by atoms with Crippen LogP contribution in [0.2, 0.25) is 0 Å². The van der Waals surface area contributed by atoms with Crippen molar-refractivity contribution in [1.29, 1.82) is 0 Å². The van der Waals surface area contributed by atoms with E-state index in [4.69, 9.17) is 9.15 Å². The van der Waals surface area contributed by atoms with E-state index in [2.05, 4.69) is 42.2 Å². The molecule has 3 aliphatic rings. The number of hydrogen-bond donors (Lipinski definition) is 4. The maximum Gasteiger partial charge on any atom is 0.416 e. The summed E-state index contributed by atoms with van der Waals surface area (Å²) in [5.74, 6) is -3.31. The smallest absolute Gasteiger partial charge is 0.416 e. The number of fused-ring (bicyclic) bond motifs is 3. The molecule has 0 radical (unpaired) electrons. The lowest BCUT2D eigenvalue weighted by Crippen LogP contribution is -2.58. The van der Waals surface area contributed by atoms with E-state index >= 15 is 0 Å². The molecule has 2 aliphatic carbocycles. The Balaban J connectivity index is 1.15. The molecule has 16 nitrogen and oxygen atoms in total. The van der Waals surface area contributed by atoms with Gasteiger partial charge in [-0.2, -0.15) is 18.2 Å². The standard InChI is InChI=1S/C43H45F3N8O8S2/c1-6-23-19-42(23,39(58)53-64(59,60)26-16-17-26)52-36(56)29-18-25(20-54(29)38(57)33(41(3,4)5)50-40-48-28(21-63-40)35(55)47-7-2)61-37-32-31(27-10-8-9-11-30(27)62-32)49-34(51-37)22-12-14-24(15-13-22)43(44,45)46/h6,8-15,21,23,25-26,29,33H,1,7,16-20H2,2-5H3,(H,47,55)(H,48,50)(H,52,56)(H,53,58)/t23-,25-,29+,33-,42-/m1/s1. The fourth-order valence-corrected chi connectivity index (χ4v) is 9.85. The van der Waals surface area contributed by atoms with Crippen LogP contribution < -0.4 is 25.4 Å². The van der Waals surface area contributed by atoms with E-state index in [1.807, 2.05) is 0 Å². The number of alkyl halides is 3. The fourth-order valence-electron chi connectivity index (χ4n) is 7.77. The van der Waals surface area contributed by atoms with Crippen LogP contribution in [0.3, 0.4) is 0 Å². The number of nitrogens with one attached hydrogen (secondary N) is 4. The molecule has 3 fully saturated rings. The largest absolute Gasteiger partial charge is 0.470 e. The van der Waals surface area contributed by atoms with Gasteiger partial charge >= 0.3 is 6.18 Å². The lowest BCUT2D eigenvalue weighted by molar-refractivity contribution is -0.141. The second-order valence-electron chi connectivity index (χ2n) is 17.2. The van der Waals surface area contributed by atoms with E-state index < -0.39 is 85.7 Å². The normalized spacial score (nSPS) is 21.6. The molecule has 0 bridgehead atoms. The zero-order valence-electron chi connectivity index (χ0n) is 35.1. The third-order valence-electron chi connectivity index (χ3n) is 11.5. The van der Waals surface area contributed by atoms with Crippen LogP contribution in [-0.2, 0) is 30.6 Å². The molecule has 21 heteroatoms. The second kappa shape index (κ2) is 16.5. The first kappa shape index (κ1) is 44.5. The third kappa shape index (κ3) is 8.74. The van der Waals surface area contributed by atoms with Crippen LogP contribution in [0.15, 0.2) is 71.0 Å². The molecule has 4 heterocycles. The molecular weight excluding hydrogens is 878 g/mol. The molecule has 2 saturated carbocycles. The topological polar surface area (TPSA) is 215 Å². The molecule has 5 aromatic rings. The average Bonchev–Trinajstić information content (AvgIpc) is 4.07. The number of benzene rings is 2. The van der Waals surface area contributed by atoms with Gasteiger partial charge in [0.05, 0.1) is 17.4 Å². The molecule has 2 aromatic carbocycles. The number of amides is 4. The van der Waals surface area contributed by atoms with Crippen molar-refractivity contribution in [1.82, 2.24) is 35.2 Å². The van der Waals surface area contributed by atoms with Gasteiger partial charge in [-0.05, 0) is 55.9 Å². The van der Waals surface area contributed by atoms with Crippen LogP contribution in [0.4, 0.5) is 18.3 Å². The molecule has 0 spiro atoms. The van der Waals surface area contributed by atoms with Crippen LogP contribution in [0, 0.1) is 11.3 Å². The van der Waals surface area contributed by atoms with Crippen molar-refractivity contribution in [3.63, 3.8) is 0 Å². The maximum absolute atomic E-state index is 15.0. The monoisotopic (exact) mass is 922 g/mol. The summed E-state index contributed by atoms with van der Waals surface area (Å²) < 4.78 is 81.0. The first-order valence-corrected chi connectivity index (χ1v) is 23.0. The molecule has 3 aromatic heterocycles. The first-order chi connectivity index (χ1) is 30.2. The zero-order chi connectivity index (χ0) is 45.9. The van der Waals surface area contributed by atoms with Gasteiger partial charge in [-0.15, -0.1) is 17.9 Å². The summed E-state index contributed by atoms with van der Waals surface area (Å²) in [6.45, 7) is 11.1. The minimum absolute atomic E-state index is 0.0220. The highest BCUT2D eigenvalue weighted by Crippen LogP contribution is 2.46. The number of carbonyl (C=O) groups is 4. The highest BCUT2D eigenvalue weighted by Gasteiger charge is 2.62. The van der Waals surface area contributed by atoms with Crippen LogP contribution in [0.25, 0.3) is 33.5 Å². The van der Waals surface area contributed by atoms with Crippen molar-refractivity contribution < 1.29 is 49.9 Å². The minimum Gasteiger partial charge on any atom is -0.470 e. The van der Waals surface area contributed by atoms with Crippen LogP contribution in [0.5, 0.6) is 5.88 Å². The lowest BCUT2D eigenvalue weighted by atomic mass is 9.85. The van der Waals surface area contributed by atoms with Gasteiger partial charge in [-0.1, -0.05) is 51.1 Å². The van der Waals surface area contributed by atoms with Gasteiger partial charge in [-0.25, -0.2) is 18.4 Å². The summed E-state index contributed by atoms with van der Waals surface area (Å²) in [7, 11) is -3.99. The van der Waals surface area contributed by atoms with Gasteiger partial charge in [0.15, 0.2) is 11.0 Å². The van der Waals surface area contributed by atoms with Crippen molar-refractivity contribution in [3.8, 4) is 17.3 Å². The van der Waals surface area contributed by atoms with Crippen molar-refractivity contribution in [2.45, 2.75) is 88.5 Å². The molecule has 0 unspecified atom stereocenters. The van der Waals surface area contributed by atoms with Gasteiger partial charge in [0.25, 0.3) is 17.7 Å². The Morgan fingerprint density at radius 3 is 2.42 bits per heavy atom. The quantitative estimate of drug-likeness (QED) is 0.0972. The Morgan fingerprint density at radius 2 is 1.78 bits per heavy atom. The maximum atomic E-state index is 15.0. The number of likely N-dealkylation sites (tertiary alicyclic amines) is 1. The Bertz CT molecular complexity index is 2780. The Morgan fingerprint density at radius 1 is 1.06 bits per heavy atom. The number of ether oxygens (including phenoxy) is 1. The Labute approximate surface area is 369 Å². The SMILES string of the molecule is C=C[C@@H]1C[C@]1(NC(=O)[C@@H]1C[C@@H](Oc2nc(-c3ccc(C(F)(F)F)cc3)nc3c2oc2ccccc23)CN1C(=O)[C@@H](Nc1nc(C(=O)NCC)cs1)C(C)(C)C)C(=O)NS(=O)(=O)C1CC1. The zero-order valence-corrected chi connectivity index (χ0v) is 36.7. The van der Waals surface area contributed by atoms with E-state index in [0.29, 0.717) is 35.9 Å². The molecule has 64 heavy (non-hydrogen) atoms. The van der Waals surface area contributed by atoms with Crippen molar-refractivity contribution >= 4 is 72.2 Å². The minimum atomic E-state index is -4.58. The third-order valence-corrected chi connectivity index (χ3v) is 14.1. The van der Waals surface area contributed by atoms with Crippen molar-refractivity contribution in [3.05, 3.63) is 77.8 Å². The van der Waals surface area contributed by atoms with E-state index in [1.54, 1.807) is 57.3 Å².